The van der Waals surface area contributed by atoms with Crippen molar-refractivity contribution in [3.8, 4) is 5.75 Å². The third kappa shape index (κ3) is 5.47. The van der Waals surface area contributed by atoms with Gasteiger partial charge in [0.05, 0.1) is 10.2 Å². The molecule has 4 amide bonds. The number of ether oxygens (including phenoxy) is 1. The summed E-state index contributed by atoms with van der Waals surface area (Å²) in [5, 5.41) is 2.54. The number of halogens is 4. The molecule has 3 aromatic rings. The number of barbiturate groups is 1. The van der Waals surface area contributed by atoms with Gasteiger partial charge >= 0.3 is 6.03 Å². The zero-order valence-corrected chi connectivity index (χ0v) is 22.0. The summed E-state index contributed by atoms with van der Waals surface area (Å²) in [5.74, 6) is -1.64. The largest absolute Gasteiger partial charge is 0.487 e. The molecule has 1 aliphatic heterocycles. The van der Waals surface area contributed by atoms with Crippen molar-refractivity contribution in [2.24, 2.45) is 0 Å². The van der Waals surface area contributed by atoms with E-state index >= 15 is 0 Å². The van der Waals surface area contributed by atoms with E-state index in [0.29, 0.717) is 30.8 Å². The van der Waals surface area contributed by atoms with Gasteiger partial charge in [-0.05, 0) is 76.5 Å². The van der Waals surface area contributed by atoms with Crippen LogP contribution in [0.2, 0.25) is 5.02 Å². The van der Waals surface area contributed by atoms with Crippen LogP contribution in [0.4, 0.5) is 14.9 Å². The minimum atomic E-state index is -0.870. The maximum absolute atomic E-state index is 13.3. The molecule has 6 nitrogen and oxygen atoms in total. The molecule has 1 heterocycles. The third-order valence-corrected chi connectivity index (χ3v) is 6.43. The highest BCUT2D eigenvalue weighted by molar-refractivity contribution is 9.11. The molecule has 0 bridgehead atoms. The number of amides is 4. The lowest BCUT2D eigenvalue weighted by Gasteiger charge is -2.27. The zero-order chi connectivity index (χ0) is 25.3. The SMILES string of the molecule is Cc1ccc(Cl)cc1N1C(=O)NC(=O)/C(=C\c2cc(Br)cc(Br)c2OCc2ccc(F)cc2)C1=O. The normalized spacial score (nSPS) is 14.9. The molecule has 1 saturated heterocycles. The molecule has 0 spiro atoms. The van der Waals surface area contributed by atoms with Crippen molar-refractivity contribution in [2.75, 3.05) is 4.90 Å². The molecule has 0 unspecified atom stereocenters. The molecule has 3 aromatic carbocycles. The van der Waals surface area contributed by atoms with E-state index in [1.54, 1.807) is 43.3 Å². The van der Waals surface area contributed by atoms with Crippen molar-refractivity contribution >= 4 is 73.1 Å². The summed E-state index contributed by atoms with van der Waals surface area (Å²) in [6, 6.07) is 13.2. The van der Waals surface area contributed by atoms with Crippen LogP contribution in [0.3, 0.4) is 0 Å². The number of carbonyl (C=O) groups is 3. The summed E-state index contributed by atoms with van der Waals surface area (Å²) in [5.41, 5.74) is 1.76. The molecule has 1 fully saturated rings. The standard InChI is InChI=1S/C25H16Br2ClFN2O4/c1-13-2-5-17(28)11-21(13)31-24(33)19(23(32)30-25(31)34)9-15-8-16(26)10-20(27)22(15)35-12-14-3-6-18(29)7-4-14/h2-11H,12H2,1H3,(H,30,32,34)/b19-9+. The quantitative estimate of drug-likeness (QED) is 0.259. The number of hydrogen-bond acceptors (Lipinski definition) is 4. The average Bonchev–Trinajstić information content (AvgIpc) is 2.79. The Morgan fingerprint density at radius 2 is 1.77 bits per heavy atom. The number of carbonyl (C=O) groups excluding carboxylic acids is 3. The number of aryl methyl sites for hydroxylation is 1. The Kier molecular flexibility index (Phi) is 7.39. The van der Waals surface area contributed by atoms with E-state index in [9.17, 15) is 18.8 Å². The lowest BCUT2D eigenvalue weighted by molar-refractivity contribution is -0.122. The van der Waals surface area contributed by atoms with Crippen molar-refractivity contribution in [1.82, 2.24) is 5.32 Å². The number of benzene rings is 3. The van der Waals surface area contributed by atoms with Gasteiger partial charge in [0.15, 0.2) is 0 Å². The predicted molar refractivity (Wildman–Crippen MR) is 138 cm³/mol. The molecule has 0 aliphatic carbocycles. The van der Waals surface area contributed by atoms with E-state index in [1.165, 1.54) is 24.3 Å². The number of anilines is 1. The second-order valence-corrected chi connectivity index (χ2v) is 9.82. The minimum Gasteiger partial charge on any atom is -0.487 e. The van der Waals surface area contributed by atoms with Crippen LogP contribution >= 0.6 is 43.5 Å². The molecular weight excluding hydrogens is 607 g/mol. The number of rotatable bonds is 5. The Morgan fingerprint density at radius 3 is 2.49 bits per heavy atom. The number of imide groups is 2. The molecule has 4 rings (SSSR count). The van der Waals surface area contributed by atoms with Crippen molar-refractivity contribution < 1.29 is 23.5 Å². The van der Waals surface area contributed by atoms with Crippen molar-refractivity contribution in [1.29, 1.82) is 0 Å². The third-order valence-electron chi connectivity index (χ3n) is 5.15. The number of urea groups is 1. The van der Waals surface area contributed by atoms with Crippen molar-refractivity contribution in [3.05, 3.63) is 96.6 Å². The van der Waals surface area contributed by atoms with Crippen LogP contribution in [0, 0.1) is 12.7 Å². The first-order valence-corrected chi connectivity index (χ1v) is 12.1. The van der Waals surface area contributed by atoms with Gasteiger partial charge < -0.3 is 4.74 Å². The predicted octanol–water partition coefficient (Wildman–Crippen LogP) is 6.56. The second kappa shape index (κ2) is 10.3. The first-order valence-electron chi connectivity index (χ1n) is 10.2. The Balaban J connectivity index is 1.73. The molecular formula is C25H16Br2ClFN2O4. The molecule has 1 N–H and O–H groups in total. The summed E-state index contributed by atoms with van der Waals surface area (Å²) in [6.07, 6.45) is 1.35. The first-order chi connectivity index (χ1) is 16.6. The second-order valence-electron chi connectivity index (χ2n) is 7.61. The van der Waals surface area contributed by atoms with Crippen LogP contribution < -0.4 is 15.0 Å². The molecule has 1 aliphatic rings. The van der Waals surface area contributed by atoms with Crippen LogP contribution in [-0.2, 0) is 16.2 Å². The van der Waals surface area contributed by atoms with E-state index in [-0.39, 0.29) is 23.7 Å². The maximum atomic E-state index is 13.3. The van der Waals surface area contributed by atoms with E-state index in [1.807, 2.05) is 0 Å². The van der Waals surface area contributed by atoms with Gasteiger partial charge in [0.25, 0.3) is 11.8 Å². The van der Waals surface area contributed by atoms with Gasteiger partial charge in [-0.25, -0.2) is 14.1 Å². The average molecular weight is 623 g/mol. The van der Waals surface area contributed by atoms with Gasteiger partial charge in [-0.15, -0.1) is 0 Å². The van der Waals surface area contributed by atoms with Gasteiger partial charge in [-0.1, -0.05) is 45.7 Å². The molecule has 178 valence electrons. The Labute approximate surface area is 222 Å². The van der Waals surface area contributed by atoms with Crippen LogP contribution in [0.5, 0.6) is 5.75 Å². The molecule has 0 saturated carbocycles. The van der Waals surface area contributed by atoms with Gasteiger partial charge in [-0.2, -0.15) is 0 Å². The highest BCUT2D eigenvalue weighted by Crippen LogP contribution is 2.36. The maximum Gasteiger partial charge on any atom is 0.335 e. The number of nitrogens with one attached hydrogen (secondary N) is 1. The summed E-state index contributed by atoms with van der Waals surface area (Å²) in [7, 11) is 0. The molecule has 0 atom stereocenters. The van der Waals surface area contributed by atoms with E-state index in [4.69, 9.17) is 16.3 Å². The minimum absolute atomic E-state index is 0.114. The number of nitrogens with zero attached hydrogens (tertiary/aromatic N) is 1. The lowest BCUT2D eigenvalue weighted by Crippen LogP contribution is -2.54. The van der Waals surface area contributed by atoms with E-state index in [2.05, 4.69) is 37.2 Å². The highest BCUT2D eigenvalue weighted by atomic mass is 79.9. The Hall–Kier alpha value is -3.01. The smallest absolute Gasteiger partial charge is 0.335 e. The number of hydrogen-bond donors (Lipinski definition) is 1. The molecule has 0 aromatic heterocycles. The zero-order valence-electron chi connectivity index (χ0n) is 18.1. The van der Waals surface area contributed by atoms with Crippen LogP contribution in [-0.4, -0.2) is 17.8 Å². The van der Waals surface area contributed by atoms with E-state index < -0.39 is 17.8 Å². The van der Waals surface area contributed by atoms with Gasteiger partial charge in [-0.3, -0.25) is 14.9 Å². The Bertz CT molecular complexity index is 1390. The summed E-state index contributed by atoms with van der Waals surface area (Å²) >= 11 is 12.9. The fraction of sp³-hybridized carbons (Fsp3) is 0.0800. The van der Waals surface area contributed by atoms with Gasteiger partial charge in [0, 0.05) is 15.1 Å². The lowest BCUT2D eigenvalue weighted by atomic mass is 10.0. The molecule has 35 heavy (non-hydrogen) atoms. The first kappa shape index (κ1) is 25.1. The van der Waals surface area contributed by atoms with E-state index in [0.717, 1.165) is 10.5 Å². The summed E-state index contributed by atoms with van der Waals surface area (Å²) < 4.78 is 20.4. The van der Waals surface area contributed by atoms with Crippen molar-refractivity contribution in [2.45, 2.75) is 13.5 Å². The summed E-state index contributed by atoms with van der Waals surface area (Å²) in [4.78, 5) is 39.5. The monoisotopic (exact) mass is 620 g/mol. The van der Waals surface area contributed by atoms with Crippen LogP contribution in [0.15, 0.2) is 69.1 Å². The Morgan fingerprint density at radius 1 is 1.06 bits per heavy atom. The molecule has 10 heteroatoms. The van der Waals surface area contributed by atoms with Crippen molar-refractivity contribution in [3.63, 3.8) is 0 Å². The van der Waals surface area contributed by atoms with Crippen LogP contribution in [0.25, 0.3) is 6.08 Å². The fourth-order valence-electron chi connectivity index (χ4n) is 3.43. The summed E-state index contributed by atoms with van der Waals surface area (Å²) in [6.45, 7) is 1.84. The van der Waals surface area contributed by atoms with Gasteiger partial charge in [0.2, 0.25) is 0 Å². The van der Waals surface area contributed by atoms with Gasteiger partial charge in [0.1, 0.15) is 23.7 Å². The highest BCUT2D eigenvalue weighted by Gasteiger charge is 2.37. The topological polar surface area (TPSA) is 75.7 Å². The van der Waals surface area contributed by atoms with Crippen LogP contribution in [0.1, 0.15) is 16.7 Å². The fourth-order valence-corrected chi connectivity index (χ4v) is 4.97. The molecule has 0 radical (unpaired) electrons.